The van der Waals surface area contributed by atoms with Gasteiger partial charge in [0.2, 0.25) is 5.95 Å². The van der Waals surface area contributed by atoms with E-state index in [4.69, 9.17) is 10.5 Å². The number of nitrogens with two attached hydrogens (primary N) is 1. The highest BCUT2D eigenvalue weighted by molar-refractivity contribution is 5.66. The van der Waals surface area contributed by atoms with E-state index in [1.807, 2.05) is 6.07 Å². The van der Waals surface area contributed by atoms with Gasteiger partial charge in [-0.2, -0.15) is 9.61 Å². The Bertz CT molecular complexity index is 1460. The van der Waals surface area contributed by atoms with E-state index in [2.05, 4.69) is 33.4 Å². The molecule has 0 radical (unpaired) electrons. The molecular formula is C27H26F2N6O. The van der Waals surface area contributed by atoms with Gasteiger partial charge in [-0.3, -0.25) is 4.98 Å². The van der Waals surface area contributed by atoms with Crippen LogP contribution in [0.5, 0.6) is 0 Å². The van der Waals surface area contributed by atoms with Gasteiger partial charge in [-0.1, -0.05) is 11.6 Å². The number of rotatable bonds is 5. The maximum atomic E-state index is 15.0. The fourth-order valence-electron chi connectivity index (χ4n) is 5.13. The predicted octanol–water partition coefficient (Wildman–Crippen LogP) is 5.08. The lowest BCUT2D eigenvalue weighted by Gasteiger charge is -2.27. The van der Waals surface area contributed by atoms with Gasteiger partial charge in [0.15, 0.2) is 0 Å². The number of imidazole rings is 1. The van der Waals surface area contributed by atoms with Gasteiger partial charge in [0.05, 0.1) is 48.1 Å². The number of halogens is 2. The van der Waals surface area contributed by atoms with Crippen LogP contribution in [-0.4, -0.2) is 38.8 Å². The quantitative estimate of drug-likeness (QED) is 0.381. The summed E-state index contributed by atoms with van der Waals surface area (Å²) in [6.45, 7) is 3.05. The third-order valence-electron chi connectivity index (χ3n) is 6.98. The van der Waals surface area contributed by atoms with Gasteiger partial charge in [-0.05, 0) is 67.1 Å². The molecule has 2 aliphatic rings. The van der Waals surface area contributed by atoms with Gasteiger partial charge in [-0.25, -0.2) is 13.8 Å². The molecule has 36 heavy (non-hydrogen) atoms. The second kappa shape index (κ2) is 9.07. The molecule has 2 atom stereocenters. The van der Waals surface area contributed by atoms with Crippen LogP contribution < -0.4 is 11.1 Å². The molecule has 1 aliphatic carbocycles. The summed E-state index contributed by atoms with van der Waals surface area (Å²) in [6.07, 6.45) is 9.04. The monoisotopic (exact) mass is 488 g/mol. The topological polar surface area (TPSA) is 90.4 Å². The van der Waals surface area contributed by atoms with E-state index in [9.17, 15) is 0 Å². The summed E-state index contributed by atoms with van der Waals surface area (Å²) in [5.74, 6) is -0.602. The lowest BCUT2D eigenvalue weighted by molar-refractivity contribution is 0.00822. The standard InChI is InChI=1S/C27H26F2N6O/c1-15-6-17(8-19(30)7-15)21-4-5-31-12-25(21)33-27-32-11-20-2-3-24(34-35(20)27)26-22(28)9-16(10-23(26)29)18-13-36-14-18/h2-5,7,9-12,17-19H,6,8,13-14,30H2,1H3,(H,32,33)/t17-,19+/m1/s1. The molecule has 4 heterocycles. The van der Waals surface area contributed by atoms with E-state index in [0.717, 1.165) is 24.1 Å². The molecule has 0 amide bonds. The van der Waals surface area contributed by atoms with Crippen molar-refractivity contribution in [1.29, 1.82) is 0 Å². The van der Waals surface area contributed by atoms with E-state index < -0.39 is 11.6 Å². The van der Waals surface area contributed by atoms with Crippen molar-refractivity contribution in [1.82, 2.24) is 19.6 Å². The van der Waals surface area contributed by atoms with Crippen molar-refractivity contribution in [2.24, 2.45) is 5.73 Å². The Morgan fingerprint density at radius 3 is 2.61 bits per heavy atom. The number of hydrogen-bond donors (Lipinski definition) is 2. The zero-order chi connectivity index (χ0) is 24.8. The van der Waals surface area contributed by atoms with E-state index in [-0.39, 0.29) is 29.1 Å². The highest BCUT2D eigenvalue weighted by atomic mass is 19.1. The third-order valence-corrected chi connectivity index (χ3v) is 6.98. The second-order valence-electron chi connectivity index (χ2n) is 9.63. The van der Waals surface area contributed by atoms with Crippen LogP contribution in [-0.2, 0) is 4.74 Å². The number of allylic oxidation sites excluding steroid dienone is 1. The van der Waals surface area contributed by atoms with Gasteiger partial charge >= 0.3 is 0 Å². The normalized spacial score (nSPS) is 20.3. The Labute approximate surface area is 207 Å². The summed E-state index contributed by atoms with van der Waals surface area (Å²) in [5.41, 5.74) is 10.7. The Morgan fingerprint density at radius 1 is 1.08 bits per heavy atom. The summed E-state index contributed by atoms with van der Waals surface area (Å²) in [5, 5.41) is 7.87. The molecule has 0 saturated carbocycles. The van der Waals surface area contributed by atoms with Crippen LogP contribution >= 0.6 is 0 Å². The van der Waals surface area contributed by atoms with Crippen molar-refractivity contribution in [2.75, 3.05) is 18.5 Å². The fourth-order valence-corrected chi connectivity index (χ4v) is 5.13. The number of pyridine rings is 1. The Hall–Kier alpha value is -3.69. The first kappa shape index (κ1) is 22.8. The van der Waals surface area contributed by atoms with Crippen molar-refractivity contribution in [3.8, 4) is 11.3 Å². The predicted molar refractivity (Wildman–Crippen MR) is 133 cm³/mol. The van der Waals surface area contributed by atoms with Gasteiger partial charge < -0.3 is 15.8 Å². The Morgan fingerprint density at radius 2 is 1.89 bits per heavy atom. The van der Waals surface area contributed by atoms with Crippen molar-refractivity contribution in [2.45, 2.75) is 37.6 Å². The molecule has 1 fully saturated rings. The van der Waals surface area contributed by atoms with Crippen LogP contribution in [0, 0.1) is 11.6 Å². The first-order valence-electron chi connectivity index (χ1n) is 12.0. The zero-order valence-corrected chi connectivity index (χ0v) is 19.8. The van der Waals surface area contributed by atoms with Crippen LogP contribution in [0.15, 0.2) is 60.6 Å². The van der Waals surface area contributed by atoms with E-state index in [1.54, 1.807) is 35.2 Å². The van der Waals surface area contributed by atoms with E-state index >= 15 is 8.78 Å². The minimum atomic E-state index is -0.648. The summed E-state index contributed by atoms with van der Waals surface area (Å²) in [7, 11) is 0. The lowest BCUT2D eigenvalue weighted by Crippen LogP contribution is -2.25. The van der Waals surface area contributed by atoms with Crippen molar-refractivity contribution in [3.63, 3.8) is 0 Å². The molecular weight excluding hydrogens is 462 g/mol. The fraction of sp³-hybridized carbons (Fsp3) is 0.296. The maximum Gasteiger partial charge on any atom is 0.229 e. The lowest BCUT2D eigenvalue weighted by atomic mass is 9.82. The first-order valence-corrected chi connectivity index (χ1v) is 12.0. The number of hydrogen-bond acceptors (Lipinski definition) is 6. The SMILES string of the molecule is CC1=C[C@H](N)C[C@H](c2ccncc2Nc2ncc3ccc(-c4c(F)cc(C5COC5)cc4F)nn23)C1. The van der Waals surface area contributed by atoms with Crippen LogP contribution in [0.25, 0.3) is 16.8 Å². The number of ether oxygens (including phenoxy) is 1. The van der Waals surface area contributed by atoms with Gasteiger partial charge in [0.25, 0.3) is 0 Å². The molecule has 184 valence electrons. The average molecular weight is 489 g/mol. The summed E-state index contributed by atoms with van der Waals surface area (Å²) in [6, 6.07) is 8.09. The van der Waals surface area contributed by atoms with Crippen molar-refractivity contribution in [3.05, 3.63) is 83.3 Å². The third kappa shape index (κ3) is 4.14. The second-order valence-corrected chi connectivity index (χ2v) is 9.63. The summed E-state index contributed by atoms with van der Waals surface area (Å²) in [4.78, 5) is 8.75. The Kier molecular flexibility index (Phi) is 5.73. The summed E-state index contributed by atoms with van der Waals surface area (Å²) < 4.78 is 36.8. The highest BCUT2D eigenvalue weighted by Crippen LogP contribution is 2.37. The number of aromatic nitrogens is 4. The van der Waals surface area contributed by atoms with Crippen LogP contribution in [0.1, 0.15) is 42.7 Å². The molecule has 0 spiro atoms. The van der Waals surface area contributed by atoms with Crippen molar-refractivity contribution >= 4 is 17.2 Å². The number of benzene rings is 1. The molecule has 1 saturated heterocycles. The van der Waals surface area contributed by atoms with E-state index in [0.29, 0.717) is 30.2 Å². The number of nitrogens with one attached hydrogen (secondary N) is 1. The van der Waals surface area contributed by atoms with Crippen LogP contribution in [0.2, 0.25) is 0 Å². The smallest absolute Gasteiger partial charge is 0.229 e. The zero-order valence-electron chi connectivity index (χ0n) is 19.8. The highest BCUT2D eigenvalue weighted by Gasteiger charge is 2.25. The van der Waals surface area contributed by atoms with Gasteiger partial charge in [-0.15, -0.1) is 0 Å². The molecule has 0 unspecified atom stereocenters. The number of fused-ring (bicyclic) bond motifs is 1. The molecule has 3 N–H and O–H groups in total. The number of anilines is 2. The largest absolute Gasteiger partial charge is 0.380 e. The molecule has 6 rings (SSSR count). The molecule has 7 nitrogen and oxygen atoms in total. The van der Waals surface area contributed by atoms with Crippen LogP contribution in [0.4, 0.5) is 20.4 Å². The molecule has 3 aromatic heterocycles. The minimum Gasteiger partial charge on any atom is -0.380 e. The first-order chi connectivity index (χ1) is 17.5. The summed E-state index contributed by atoms with van der Waals surface area (Å²) >= 11 is 0. The minimum absolute atomic E-state index is 0.00856. The molecule has 1 aromatic carbocycles. The molecule has 9 heteroatoms. The molecule has 4 aromatic rings. The Balaban J connectivity index is 1.35. The van der Waals surface area contributed by atoms with Crippen LogP contribution in [0.3, 0.4) is 0 Å². The molecule has 0 bridgehead atoms. The van der Waals surface area contributed by atoms with Crippen molar-refractivity contribution < 1.29 is 13.5 Å². The average Bonchev–Trinajstić information content (AvgIpc) is 3.19. The van der Waals surface area contributed by atoms with E-state index in [1.165, 1.54) is 17.7 Å². The van der Waals surface area contributed by atoms with Gasteiger partial charge in [0, 0.05) is 18.2 Å². The number of nitrogens with zero attached hydrogens (tertiary/aromatic N) is 4. The molecule has 1 aliphatic heterocycles. The maximum absolute atomic E-state index is 15.0. The van der Waals surface area contributed by atoms with Gasteiger partial charge in [0.1, 0.15) is 11.6 Å².